The van der Waals surface area contributed by atoms with Crippen LogP contribution in [0.25, 0.3) is 0 Å². The highest BCUT2D eigenvalue weighted by Gasteiger charge is 2.51. The van der Waals surface area contributed by atoms with Crippen molar-refractivity contribution in [3.63, 3.8) is 0 Å². The van der Waals surface area contributed by atoms with Gasteiger partial charge in [0.15, 0.2) is 6.10 Å². The summed E-state index contributed by atoms with van der Waals surface area (Å²) in [6.07, 6.45) is 8.08. The zero-order valence-corrected chi connectivity index (χ0v) is 16.0. The quantitative estimate of drug-likeness (QED) is 0.647. The number of rotatable bonds is 8. The monoisotopic (exact) mass is 364 g/mol. The molecule has 0 spiro atoms. The summed E-state index contributed by atoms with van der Waals surface area (Å²) in [5.41, 5.74) is 0.163. The van der Waals surface area contributed by atoms with E-state index in [0.717, 1.165) is 24.2 Å². The van der Waals surface area contributed by atoms with Gasteiger partial charge in [-0.15, -0.1) is 0 Å². The van der Waals surface area contributed by atoms with E-state index in [2.05, 4.69) is 10.6 Å². The normalized spacial score (nSPS) is 32.8. The molecule has 6 heteroatoms. The first-order valence-electron chi connectivity index (χ1n) is 10.1. The number of ether oxygens (including phenoxy) is 1. The van der Waals surface area contributed by atoms with Gasteiger partial charge >= 0.3 is 5.97 Å². The van der Waals surface area contributed by atoms with Gasteiger partial charge in [-0.05, 0) is 75.0 Å². The number of hydrogen-bond donors (Lipinski definition) is 2. The van der Waals surface area contributed by atoms with Crippen molar-refractivity contribution in [1.29, 1.82) is 0 Å². The van der Waals surface area contributed by atoms with E-state index in [4.69, 9.17) is 4.74 Å². The van der Waals surface area contributed by atoms with Gasteiger partial charge in [-0.2, -0.15) is 0 Å². The molecule has 2 amide bonds. The first kappa shape index (κ1) is 19.2. The van der Waals surface area contributed by atoms with Crippen LogP contribution in [-0.4, -0.2) is 37.0 Å². The molecule has 0 aromatic heterocycles. The van der Waals surface area contributed by atoms with Crippen molar-refractivity contribution in [3.8, 4) is 0 Å². The second kappa shape index (κ2) is 7.97. The lowest BCUT2D eigenvalue weighted by molar-refractivity contribution is -0.154. The van der Waals surface area contributed by atoms with Crippen LogP contribution in [0.4, 0.5) is 0 Å². The Balaban J connectivity index is 1.40. The number of carbonyl (C=O) groups excluding carboxylic acids is 3. The van der Waals surface area contributed by atoms with Crippen molar-refractivity contribution in [2.45, 2.75) is 71.3 Å². The molecule has 0 aromatic rings. The van der Waals surface area contributed by atoms with Crippen molar-refractivity contribution in [1.82, 2.24) is 10.6 Å². The molecule has 146 valence electrons. The first-order valence-corrected chi connectivity index (χ1v) is 10.1. The maximum atomic E-state index is 12.4. The largest absolute Gasteiger partial charge is 0.451 e. The standard InChI is InChI=1S/C20H32N2O4/c1-3-4-21-19(25)13(2)26-18(24)12-22-17(23)11-20-8-14-5-15(9-20)7-16(6-14)10-20/h13-16H,3-12H2,1-2H3,(H,21,25)(H,22,23). The van der Waals surface area contributed by atoms with Crippen LogP contribution >= 0.6 is 0 Å². The number of hydrogen-bond acceptors (Lipinski definition) is 4. The molecule has 4 rings (SSSR count). The fourth-order valence-corrected chi connectivity index (χ4v) is 5.76. The van der Waals surface area contributed by atoms with Crippen molar-refractivity contribution >= 4 is 17.8 Å². The highest BCUT2D eigenvalue weighted by Crippen LogP contribution is 2.61. The van der Waals surface area contributed by atoms with Crippen molar-refractivity contribution in [2.75, 3.05) is 13.1 Å². The molecular formula is C20H32N2O4. The van der Waals surface area contributed by atoms with Crippen LogP contribution in [0.5, 0.6) is 0 Å². The van der Waals surface area contributed by atoms with E-state index in [1.165, 1.54) is 38.5 Å². The summed E-state index contributed by atoms with van der Waals surface area (Å²) in [7, 11) is 0. The van der Waals surface area contributed by atoms with Gasteiger partial charge in [-0.25, -0.2) is 0 Å². The highest BCUT2D eigenvalue weighted by atomic mass is 16.5. The molecule has 0 heterocycles. The Bertz CT molecular complexity index is 525. The summed E-state index contributed by atoms with van der Waals surface area (Å²) in [5, 5.41) is 5.38. The van der Waals surface area contributed by atoms with E-state index >= 15 is 0 Å². The maximum absolute atomic E-state index is 12.4. The lowest BCUT2D eigenvalue weighted by Crippen LogP contribution is -2.48. The molecular weight excluding hydrogens is 332 g/mol. The molecule has 0 radical (unpaired) electrons. The van der Waals surface area contributed by atoms with Crippen LogP contribution in [0.3, 0.4) is 0 Å². The van der Waals surface area contributed by atoms with Gasteiger partial charge < -0.3 is 15.4 Å². The van der Waals surface area contributed by atoms with Crippen LogP contribution in [-0.2, 0) is 19.1 Å². The average Bonchev–Trinajstić information content (AvgIpc) is 2.56. The molecule has 4 aliphatic rings. The van der Waals surface area contributed by atoms with Gasteiger partial charge in [0.2, 0.25) is 5.91 Å². The van der Waals surface area contributed by atoms with Gasteiger partial charge in [0.25, 0.3) is 5.91 Å². The summed E-state index contributed by atoms with van der Waals surface area (Å²) in [6.45, 7) is 3.88. The third kappa shape index (κ3) is 4.57. The molecule has 1 atom stereocenters. The lowest BCUT2D eigenvalue weighted by Gasteiger charge is -2.56. The molecule has 4 bridgehead atoms. The van der Waals surface area contributed by atoms with E-state index in [0.29, 0.717) is 13.0 Å². The number of carbonyl (C=O) groups is 3. The van der Waals surface area contributed by atoms with E-state index in [9.17, 15) is 14.4 Å². The van der Waals surface area contributed by atoms with Gasteiger partial charge in [-0.3, -0.25) is 14.4 Å². The van der Waals surface area contributed by atoms with Gasteiger partial charge in [0.05, 0.1) is 0 Å². The van der Waals surface area contributed by atoms with Gasteiger partial charge in [-0.1, -0.05) is 6.92 Å². The molecule has 6 nitrogen and oxygen atoms in total. The lowest BCUT2D eigenvalue weighted by atomic mass is 9.49. The summed E-state index contributed by atoms with van der Waals surface area (Å²) in [4.78, 5) is 36.0. The molecule has 2 N–H and O–H groups in total. The SMILES string of the molecule is CCCNC(=O)C(C)OC(=O)CNC(=O)CC12CC3CC(CC(C3)C1)C2. The summed E-state index contributed by atoms with van der Waals surface area (Å²) in [5.74, 6) is 1.49. The minimum Gasteiger partial charge on any atom is -0.451 e. The maximum Gasteiger partial charge on any atom is 0.326 e. The third-order valence-corrected chi connectivity index (χ3v) is 6.36. The summed E-state index contributed by atoms with van der Waals surface area (Å²) < 4.78 is 5.09. The summed E-state index contributed by atoms with van der Waals surface area (Å²) >= 11 is 0. The number of amides is 2. The Morgan fingerprint density at radius 2 is 1.62 bits per heavy atom. The van der Waals surface area contributed by atoms with Crippen molar-refractivity contribution < 1.29 is 19.1 Å². The minimum absolute atomic E-state index is 0.0630. The Kier molecular flexibility index (Phi) is 5.88. The van der Waals surface area contributed by atoms with E-state index in [1.54, 1.807) is 6.92 Å². The van der Waals surface area contributed by atoms with Crippen LogP contribution in [0.2, 0.25) is 0 Å². The fourth-order valence-electron chi connectivity index (χ4n) is 5.76. The number of esters is 1. The fraction of sp³-hybridized carbons (Fsp3) is 0.850. The zero-order valence-electron chi connectivity index (χ0n) is 16.0. The summed E-state index contributed by atoms with van der Waals surface area (Å²) in [6, 6.07) is 0. The second-order valence-corrected chi connectivity index (χ2v) is 8.79. The Labute approximate surface area is 155 Å². The highest BCUT2D eigenvalue weighted by molar-refractivity contribution is 5.85. The van der Waals surface area contributed by atoms with E-state index in [1.807, 2.05) is 6.92 Å². The third-order valence-electron chi connectivity index (χ3n) is 6.36. The second-order valence-electron chi connectivity index (χ2n) is 8.79. The first-order chi connectivity index (χ1) is 12.4. The van der Waals surface area contributed by atoms with Crippen LogP contribution in [0.15, 0.2) is 0 Å². The van der Waals surface area contributed by atoms with Crippen molar-refractivity contribution in [2.24, 2.45) is 23.2 Å². The van der Waals surface area contributed by atoms with Crippen LogP contribution < -0.4 is 10.6 Å². The molecule has 1 unspecified atom stereocenters. The molecule has 4 saturated carbocycles. The molecule has 0 aliphatic heterocycles. The van der Waals surface area contributed by atoms with Gasteiger partial charge in [0.1, 0.15) is 6.54 Å². The molecule has 4 aliphatic carbocycles. The van der Waals surface area contributed by atoms with E-state index in [-0.39, 0.29) is 23.8 Å². The number of nitrogens with one attached hydrogen (secondary N) is 2. The van der Waals surface area contributed by atoms with Crippen molar-refractivity contribution in [3.05, 3.63) is 0 Å². The van der Waals surface area contributed by atoms with Crippen LogP contribution in [0.1, 0.15) is 65.2 Å². The van der Waals surface area contributed by atoms with Gasteiger partial charge in [0, 0.05) is 13.0 Å². The Hall–Kier alpha value is -1.59. The predicted molar refractivity (Wildman–Crippen MR) is 97.1 cm³/mol. The zero-order chi connectivity index (χ0) is 18.7. The molecule has 4 fully saturated rings. The van der Waals surface area contributed by atoms with E-state index < -0.39 is 12.1 Å². The Morgan fingerprint density at radius 3 is 2.15 bits per heavy atom. The van der Waals surface area contributed by atoms with Crippen LogP contribution in [0, 0.1) is 23.2 Å². The molecule has 26 heavy (non-hydrogen) atoms. The minimum atomic E-state index is -0.839. The Morgan fingerprint density at radius 1 is 1.04 bits per heavy atom. The molecule has 0 saturated heterocycles. The predicted octanol–water partition coefficient (Wildman–Crippen LogP) is 2.17. The smallest absolute Gasteiger partial charge is 0.326 e. The topological polar surface area (TPSA) is 84.5 Å². The molecule has 0 aromatic carbocycles. The average molecular weight is 364 g/mol.